The number of hydrogen-bond acceptors (Lipinski definition) is 4. The molecular formula is C16H25IN4S2. The largest absolute Gasteiger partial charge is 0.356 e. The van der Waals surface area contributed by atoms with Crippen LogP contribution in [-0.4, -0.2) is 24.5 Å². The maximum absolute atomic E-state index is 4.67. The molecule has 0 atom stereocenters. The second-order valence-corrected chi connectivity index (χ2v) is 7.38. The van der Waals surface area contributed by atoms with Crippen LogP contribution in [0.5, 0.6) is 0 Å². The lowest BCUT2D eigenvalue weighted by atomic mass is 10.3. The van der Waals surface area contributed by atoms with Crippen LogP contribution in [0.4, 0.5) is 0 Å². The van der Waals surface area contributed by atoms with Gasteiger partial charge in [-0.3, -0.25) is 4.99 Å². The number of guanidine groups is 1. The summed E-state index contributed by atoms with van der Waals surface area (Å²) in [4.78, 5) is 11.6. The van der Waals surface area contributed by atoms with Crippen LogP contribution in [0.1, 0.15) is 32.9 Å². The van der Waals surface area contributed by atoms with Gasteiger partial charge in [0.25, 0.3) is 0 Å². The molecule has 0 aliphatic heterocycles. The molecular weight excluding hydrogens is 439 g/mol. The van der Waals surface area contributed by atoms with Gasteiger partial charge in [-0.05, 0) is 37.3 Å². The van der Waals surface area contributed by atoms with Gasteiger partial charge >= 0.3 is 0 Å². The SMILES string of the molecule is CCc1nc(CCNC(=NC)NCc2sccc2C)sc1C.I. The van der Waals surface area contributed by atoms with Crippen LogP contribution in [0.25, 0.3) is 0 Å². The van der Waals surface area contributed by atoms with Crippen molar-refractivity contribution in [2.75, 3.05) is 13.6 Å². The number of nitrogens with zero attached hydrogens (tertiary/aromatic N) is 2. The second kappa shape index (κ2) is 10.2. The van der Waals surface area contributed by atoms with Crippen molar-refractivity contribution in [1.29, 1.82) is 0 Å². The summed E-state index contributed by atoms with van der Waals surface area (Å²) in [5.41, 5.74) is 2.56. The predicted octanol–water partition coefficient (Wildman–Crippen LogP) is 3.91. The quantitative estimate of drug-likeness (QED) is 0.387. The summed E-state index contributed by atoms with van der Waals surface area (Å²) in [7, 11) is 1.80. The average molecular weight is 464 g/mol. The molecule has 2 N–H and O–H groups in total. The fourth-order valence-electron chi connectivity index (χ4n) is 2.18. The Morgan fingerprint density at radius 2 is 2.09 bits per heavy atom. The molecule has 0 unspecified atom stereocenters. The number of hydrogen-bond donors (Lipinski definition) is 2. The molecule has 0 spiro atoms. The van der Waals surface area contributed by atoms with E-state index in [9.17, 15) is 0 Å². The third-order valence-electron chi connectivity index (χ3n) is 3.51. The summed E-state index contributed by atoms with van der Waals surface area (Å²) in [6.07, 6.45) is 1.95. The number of rotatable bonds is 6. The Morgan fingerprint density at radius 1 is 1.30 bits per heavy atom. The summed E-state index contributed by atoms with van der Waals surface area (Å²) in [6.45, 7) is 8.11. The molecule has 4 nitrogen and oxygen atoms in total. The van der Waals surface area contributed by atoms with Crippen LogP contribution in [0.15, 0.2) is 16.4 Å². The molecule has 0 aliphatic carbocycles. The summed E-state index contributed by atoms with van der Waals surface area (Å²) in [5.74, 6) is 0.844. The van der Waals surface area contributed by atoms with Gasteiger partial charge in [0, 0.05) is 29.8 Å². The molecule has 2 heterocycles. The summed E-state index contributed by atoms with van der Waals surface area (Å²) in [6, 6.07) is 2.15. The normalized spacial score (nSPS) is 11.2. The van der Waals surface area contributed by atoms with E-state index in [1.165, 1.54) is 26.0 Å². The molecule has 0 amide bonds. The Labute approximate surface area is 163 Å². The zero-order chi connectivity index (χ0) is 15.9. The van der Waals surface area contributed by atoms with Gasteiger partial charge in [0.1, 0.15) is 0 Å². The van der Waals surface area contributed by atoms with Crippen molar-refractivity contribution in [3.8, 4) is 0 Å². The topological polar surface area (TPSA) is 49.3 Å². The zero-order valence-electron chi connectivity index (χ0n) is 14.1. The lowest BCUT2D eigenvalue weighted by molar-refractivity contribution is 0.792. The molecule has 0 aliphatic rings. The van der Waals surface area contributed by atoms with E-state index in [1.807, 2.05) is 0 Å². The minimum atomic E-state index is 0. The molecule has 0 aromatic carbocycles. The minimum absolute atomic E-state index is 0. The fourth-order valence-corrected chi connectivity index (χ4v) is 4.05. The van der Waals surface area contributed by atoms with Crippen molar-refractivity contribution < 1.29 is 0 Å². The third-order valence-corrected chi connectivity index (χ3v) is 5.61. The van der Waals surface area contributed by atoms with Crippen molar-refractivity contribution >= 4 is 52.6 Å². The number of aromatic nitrogens is 1. The number of aryl methyl sites for hydroxylation is 3. The number of halogens is 1. The standard InChI is InChI=1S/C16H24N4S2.HI/c1-5-13-12(3)22-15(20-13)6-8-18-16(17-4)19-10-14-11(2)7-9-21-14;/h7,9H,5-6,8,10H2,1-4H3,(H2,17,18,19);1H. The number of thiazole rings is 1. The van der Waals surface area contributed by atoms with Crippen LogP contribution in [0, 0.1) is 13.8 Å². The number of aliphatic imine (C=N–C) groups is 1. The van der Waals surface area contributed by atoms with Crippen molar-refractivity contribution in [3.05, 3.63) is 37.5 Å². The molecule has 2 aromatic heterocycles. The van der Waals surface area contributed by atoms with Crippen molar-refractivity contribution in [1.82, 2.24) is 15.6 Å². The highest BCUT2D eigenvalue weighted by Crippen LogP contribution is 2.18. The first kappa shape index (κ1) is 20.4. The number of nitrogens with one attached hydrogen (secondary N) is 2. The first-order chi connectivity index (χ1) is 10.6. The molecule has 2 aromatic rings. The highest BCUT2D eigenvalue weighted by molar-refractivity contribution is 14.0. The van der Waals surface area contributed by atoms with E-state index >= 15 is 0 Å². The van der Waals surface area contributed by atoms with Gasteiger partial charge in [-0.15, -0.1) is 46.7 Å². The Hall–Kier alpha value is -0.670. The lowest BCUT2D eigenvalue weighted by Gasteiger charge is -2.11. The van der Waals surface area contributed by atoms with Crippen LogP contribution < -0.4 is 10.6 Å². The van der Waals surface area contributed by atoms with E-state index in [0.717, 1.165) is 31.9 Å². The summed E-state index contributed by atoms with van der Waals surface area (Å²) >= 11 is 3.58. The molecule has 0 radical (unpaired) electrons. The van der Waals surface area contributed by atoms with Crippen LogP contribution >= 0.6 is 46.7 Å². The van der Waals surface area contributed by atoms with Gasteiger partial charge in [-0.25, -0.2) is 4.98 Å². The fraction of sp³-hybridized carbons (Fsp3) is 0.500. The van der Waals surface area contributed by atoms with Gasteiger partial charge in [0.15, 0.2) is 5.96 Å². The second-order valence-electron chi connectivity index (χ2n) is 5.09. The maximum atomic E-state index is 4.67. The molecule has 0 fully saturated rings. The van der Waals surface area contributed by atoms with Gasteiger partial charge in [-0.1, -0.05) is 6.92 Å². The molecule has 7 heteroatoms. The first-order valence-corrected chi connectivity index (χ1v) is 9.26. The Morgan fingerprint density at radius 3 is 2.65 bits per heavy atom. The van der Waals surface area contributed by atoms with Crippen LogP contribution in [-0.2, 0) is 19.4 Å². The van der Waals surface area contributed by atoms with Crippen LogP contribution in [0.3, 0.4) is 0 Å². The van der Waals surface area contributed by atoms with Gasteiger partial charge in [0.2, 0.25) is 0 Å². The van der Waals surface area contributed by atoms with E-state index in [4.69, 9.17) is 0 Å². The molecule has 0 saturated carbocycles. The van der Waals surface area contributed by atoms with Crippen molar-refractivity contribution in [2.45, 2.75) is 40.2 Å². The monoisotopic (exact) mass is 464 g/mol. The Kier molecular flexibility index (Phi) is 9.08. The van der Waals surface area contributed by atoms with E-state index in [-0.39, 0.29) is 24.0 Å². The Balaban J connectivity index is 0.00000264. The average Bonchev–Trinajstić information content (AvgIpc) is 3.08. The summed E-state index contributed by atoms with van der Waals surface area (Å²) in [5, 5.41) is 10.0. The Bertz CT molecular complexity index is 634. The summed E-state index contributed by atoms with van der Waals surface area (Å²) < 4.78 is 0. The highest BCUT2D eigenvalue weighted by atomic mass is 127. The molecule has 0 bridgehead atoms. The van der Waals surface area contributed by atoms with Gasteiger partial charge < -0.3 is 10.6 Å². The molecule has 128 valence electrons. The highest BCUT2D eigenvalue weighted by Gasteiger charge is 2.06. The number of thiophene rings is 1. The first-order valence-electron chi connectivity index (χ1n) is 7.56. The van der Waals surface area contributed by atoms with E-state index < -0.39 is 0 Å². The molecule has 23 heavy (non-hydrogen) atoms. The molecule has 2 rings (SSSR count). The maximum Gasteiger partial charge on any atom is 0.191 e. The zero-order valence-corrected chi connectivity index (χ0v) is 18.1. The smallest absolute Gasteiger partial charge is 0.191 e. The lowest BCUT2D eigenvalue weighted by Crippen LogP contribution is -2.37. The third kappa shape index (κ3) is 6.04. The van der Waals surface area contributed by atoms with Gasteiger partial charge in [-0.2, -0.15) is 0 Å². The van der Waals surface area contributed by atoms with Gasteiger partial charge in [0.05, 0.1) is 17.2 Å². The predicted molar refractivity (Wildman–Crippen MR) is 113 cm³/mol. The van der Waals surface area contributed by atoms with E-state index in [2.05, 4.69) is 52.8 Å². The van der Waals surface area contributed by atoms with Crippen molar-refractivity contribution in [2.24, 2.45) is 4.99 Å². The van der Waals surface area contributed by atoms with E-state index in [1.54, 1.807) is 29.7 Å². The van der Waals surface area contributed by atoms with Crippen LogP contribution in [0.2, 0.25) is 0 Å². The minimum Gasteiger partial charge on any atom is -0.356 e. The molecule has 0 saturated heterocycles. The van der Waals surface area contributed by atoms with E-state index in [0.29, 0.717) is 0 Å². The van der Waals surface area contributed by atoms with Crippen molar-refractivity contribution in [3.63, 3.8) is 0 Å².